The predicted molar refractivity (Wildman–Crippen MR) is 89.3 cm³/mol. The van der Waals surface area contributed by atoms with Gasteiger partial charge in [0.15, 0.2) is 0 Å². The zero-order chi connectivity index (χ0) is 16.2. The van der Waals surface area contributed by atoms with Gasteiger partial charge in [-0.05, 0) is 28.2 Å². The average molecular weight is 311 g/mol. The summed E-state index contributed by atoms with van der Waals surface area (Å²) in [6.45, 7) is 2.63. The van der Waals surface area contributed by atoms with Gasteiger partial charge in [-0.15, -0.1) is 0 Å². The van der Waals surface area contributed by atoms with E-state index in [0.29, 0.717) is 13.2 Å². The van der Waals surface area contributed by atoms with Crippen LogP contribution in [0.1, 0.15) is 24.0 Å². The molecule has 2 aromatic rings. The zero-order valence-corrected chi connectivity index (χ0v) is 13.2. The Hall–Kier alpha value is -2.33. The van der Waals surface area contributed by atoms with E-state index in [1.54, 1.807) is 0 Å². The standard InChI is InChI=1S/C19H21NO3/c1-13(11-21)10-20-19(22)23-12-18-16-8-4-2-6-14(16)15-7-3-5-9-17(15)18/h2-9,13,18,21H,10-12H2,1H3,(H,20,22). The molecule has 0 fully saturated rings. The highest BCUT2D eigenvalue weighted by atomic mass is 16.5. The van der Waals surface area contributed by atoms with E-state index in [4.69, 9.17) is 9.84 Å². The fourth-order valence-electron chi connectivity index (χ4n) is 2.97. The topological polar surface area (TPSA) is 58.6 Å². The van der Waals surface area contributed by atoms with E-state index in [1.807, 2.05) is 31.2 Å². The van der Waals surface area contributed by atoms with Crippen LogP contribution in [0.5, 0.6) is 0 Å². The Morgan fingerprint density at radius 2 is 1.70 bits per heavy atom. The van der Waals surface area contributed by atoms with Crippen molar-refractivity contribution >= 4 is 6.09 Å². The normalized spacial score (nSPS) is 14.0. The number of alkyl carbamates (subject to hydrolysis) is 1. The SMILES string of the molecule is CC(CO)CNC(=O)OCC1c2ccccc2-c2ccccc21. The summed E-state index contributed by atoms with van der Waals surface area (Å²) in [6, 6.07) is 16.5. The summed E-state index contributed by atoms with van der Waals surface area (Å²) in [5.74, 6) is 0.0962. The van der Waals surface area contributed by atoms with Crippen LogP contribution < -0.4 is 5.32 Å². The monoisotopic (exact) mass is 311 g/mol. The van der Waals surface area contributed by atoms with Crippen molar-refractivity contribution in [1.82, 2.24) is 5.32 Å². The molecular weight excluding hydrogens is 290 g/mol. The summed E-state index contributed by atoms with van der Waals surface area (Å²) in [6.07, 6.45) is -0.438. The van der Waals surface area contributed by atoms with Crippen LogP contribution in [0.15, 0.2) is 48.5 Å². The maximum absolute atomic E-state index is 11.8. The quantitative estimate of drug-likeness (QED) is 0.892. The molecule has 0 saturated carbocycles. The second kappa shape index (κ2) is 6.84. The van der Waals surface area contributed by atoms with E-state index in [9.17, 15) is 4.79 Å². The summed E-state index contributed by atoms with van der Waals surface area (Å²) in [4.78, 5) is 11.8. The summed E-state index contributed by atoms with van der Waals surface area (Å²) in [5.41, 5.74) is 4.83. The number of aliphatic hydroxyl groups excluding tert-OH is 1. The molecule has 0 heterocycles. The molecule has 23 heavy (non-hydrogen) atoms. The van der Waals surface area contributed by atoms with Crippen LogP contribution in [0.2, 0.25) is 0 Å². The minimum Gasteiger partial charge on any atom is -0.449 e. The van der Waals surface area contributed by atoms with Crippen LogP contribution in [-0.4, -0.2) is 31.0 Å². The van der Waals surface area contributed by atoms with Gasteiger partial charge in [0.05, 0.1) is 0 Å². The number of nitrogens with one attached hydrogen (secondary N) is 1. The Bertz CT molecular complexity index is 653. The van der Waals surface area contributed by atoms with E-state index in [-0.39, 0.29) is 18.4 Å². The van der Waals surface area contributed by atoms with Crippen LogP contribution in [-0.2, 0) is 4.74 Å². The first-order valence-corrected chi connectivity index (χ1v) is 7.90. The third-order valence-electron chi connectivity index (χ3n) is 4.25. The van der Waals surface area contributed by atoms with E-state index in [0.717, 1.165) is 0 Å². The Kier molecular flexibility index (Phi) is 4.63. The summed E-state index contributed by atoms with van der Waals surface area (Å²) in [5, 5.41) is 11.7. The molecule has 1 atom stereocenters. The summed E-state index contributed by atoms with van der Waals surface area (Å²) in [7, 11) is 0. The Morgan fingerprint density at radius 3 is 2.26 bits per heavy atom. The van der Waals surface area contributed by atoms with Gasteiger partial charge in [-0.25, -0.2) is 4.79 Å². The van der Waals surface area contributed by atoms with E-state index in [2.05, 4.69) is 29.6 Å². The molecule has 2 aromatic carbocycles. The van der Waals surface area contributed by atoms with Gasteiger partial charge in [-0.2, -0.15) is 0 Å². The molecule has 0 saturated heterocycles. The van der Waals surface area contributed by atoms with Crippen molar-refractivity contribution in [3.63, 3.8) is 0 Å². The van der Waals surface area contributed by atoms with Gasteiger partial charge < -0.3 is 15.2 Å². The fourth-order valence-corrected chi connectivity index (χ4v) is 2.97. The highest BCUT2D eigenvalue weighted by molar-refractivity contribution is 5.79. The van der Waals surface area contributed by atoms with Crippen molar-refractivity contribution in [2.24, 2.45) is 5.92 Å². The van der Waals surface area contributed by atoms with Crippen LogP contribution in [0, 0.1) is 5.92 Å². The summed E-state index contributed by atoms with van der Waals surface area (Å²) >= 11 is 0. The molecule has 3 rings (SSSR count). The van der Waals surface area contributed by atoms with Crippen LogP contribution in [0.25, 0.3) is 11.1 Å². The Morgan fingerprint density at radius 1 is 1.13 bits per heavy atom. The number of ether oxygens (including phenoxy) is 1. The van der Waals surface area contributed by atoms with Crippen LogP contribution in [0.4, 0.5) is 4.79 Å². The van der Waals surface area contributed by atoms with Gasteiger partial charge in [0.25, 0.3) is 0 Å². The Balaban J connectivity index is 1.70. The van der Waals surface area contributed by atoms with Gasteiger partial charge in [0.1, 0.15) is 6.61 Å². The number of benzene rings is 2. The number of fused-ring (bicyclic) bond motifs is 3. The van der Waals surface area contributed by atoms with Gasteiger partial charge in [0, 0.05) is 19.1 Å². The van der Waals surface area contributed by atoms with Gasteiger partial charge in [0.2, 0.25) is 0 Å². The molecule has 4 nitrogen and oxygen atoms in total. The molecule has 0 aliphatic heterocycles. The first-order chi connectivity index (χ1) is 11.2. The second-order valence-electron chi connectivity index (χ2n) is 5.99. The van der Waals surface area contributed by atoms with Gasteiger partial charge in [-0.3, -0.25) is 0 Å². The molecule has 0 aromatic heterocycles. The minimum atomic E-state index is -0.438. The first kappa shape index (κ1) is 15.6. The molecule has 1 amide bonds. The maximum atomic E-state index is 11.8. The molecule has 0 radical (unpaired) electrons. The molecule has 1 aliphatic rings. The van der Waals surface area contributed by atoms with Crippen molar-refractivity contribution in [1.29, 1.82) is 0 Å². The molecule has 0 bridgehead atoms. The molecule has 0 spiro atoms. The molecule has 1 unspecified atom stereocenters. The highest BCUT2D eigenvalue weighted by Gasteiger charge is 2.28. The van der Waals surface area contributed by atoms with E-state index < -0.39 is 6.09 Å². The van der Waals surface area contributed by atoms with Crippen molar-refractivity contribution in [2.45, 2.75) is 12.8 Å². The van der Waals surface area contributed by atoms with Crippen molar-refractivity contribution in [3.8, 4) is 11.1 Å². The highest BCUT2D eigenvalue weighted by Crippen LogP contribution is 2.44. The lowest BCUT2D eigenvalue weighted by Gasteiger charge is -2.15. The lowest BCUT2D eigenvalue weighted by Crippen LogP contribution is -2.31. The maximum Gasteiger partial charge on any atom is 0.407 e. The number of aliphatic hydroxyl groups is 1. The number of rotatable bonds is 5. The van der Waals surface area contributed by atoms with Crippen LogP contribution >= 0.6 is 0 Å². The van der Waals surface area contributed by atoms with Gasteiger partial charge >= 0.3 is 6.09 Å². The lowest BCUT2D eigenvalue weighted by atomic mass is 9.98. The molecular formula is C19H21NO3. The van der Waals surface area contributed by atoms with Crippen molar-refractivity contribution in [3.05, 3.63) is 59.7 Å². The molecule has 1 aliphatic carbocycles. The smallest absolute Gasteiger partial charge is 0.407 e. The summed E-state index contributed by atoms with van der Waals surface area (Å²) < 4.78 is 5.40. The molecule has 4 heteroatoms. The van der Waals surface area contributed by atoms with E-state index >= 15 is 0 Å². The third kappa shape index (κ3) is 3.22. The van der Waals surface area contributed by atoms with E-state index in [1.165, 1.54) is 22.3 Å². The minimum absolute atomic E-state index is 0.0236. The fraction of sp³-hybridized carbons (Fsp3) is 0.316. The average Bonchev–Trinajstić information content (AvgIpc) is 2.92. The largest absolute Gasteiger partial charge is 0.449 e. The number of carbonyl (C=O) groups is 1. The number of hydrogen-bond acceptors (Lipinski definition) is 3. The predicted octanol–water partition coefficient (Wildman–Crippen LogP) is 3.15. The third-order valence-corrected chi connectivity index (χ3v) is 4.25. The first-order valence-electron chi connectivity index (χ1n) is 7.90. The molecule has 120 valence electrons. The van der Waals surface area contributed by atoms with Crippen LogP contribution in [0.3, 0.4) is 0 Å². The number of carbonyl (C=O) groups excluding carboxylic acids is 1. The van der Waals surface area contributed by atoms with Gasteiger partial charge in [-0.1, -0.05) is 55.5 Å². The molecule has 2 N–H and O–H groups in total. The lowest BCUT2D eigenvalue weighted by molar-refractivity contribution is 0.139. The zero-order valence-electron chi connectivity index (χ0n) is 13.2. The number of hydrogen-bond donors (Lipinski definition) is 2. The van der Waals surface area contributed by atoms with Crippen molar-refractivity contribution < 1.29 is 14.6 Å². The van der Waals surface area contributed by atoms with Crippen molar-refractivity contribution in [2.75, 3.05) is 19.8 Å². The Labute approximate surface area is 136 Å². The number of amides is 1. The second-order valence-corrected chi connectivity index (χ2v) is 5.99.